The summed E-state index contributed by atoms with van der Waals surface area (Å²) in [6.07, 6.45) is 3.29. The summed E-state index contributed by atoms with van der Waals surface area (Å²) in [5, 5.41) is 0. The van der Waals surface area contributed by atoms with Crippen molar-refractivity contribution in [2.75, 3.05) is 33.7 Å². The van der Waals surface area contributed by atoms with Crippen molar-refractivity contribution in [3.63, 3.8) is 0 Å². The monoisotopic (exact) mass is 198 g/mol. The molecule has 0 radical (unpaired) electrons. The normalized spacial score (nSPS) is 19.6. The summed E-state index contributed by atoms with van der Waals surface area (Å²) in [5.41, 5.74) is 0. The molecule has 0 aromatic carbocycles. The van der Waals surface area contributed by atoms with Gasteiger partial charge in [0.2, 0.25) is 5.91 Å². The third-order valence-electron chi connectivity index (χ3n) is 2.92. The van der Waals surface area contributed by atoms with Crippen LogP contribution >= 0.6 is 0 Å². The quantitative estimate of drug-likeness (QED) is 0.680. The van der Waals surface area contributed by atoms with Crippen LogP contribution in [-0.4, -0.2) is 49.4 Å². The zero-order chi connectivity index (χ0) is 10.6. The number of carbonyl (C=O) groups is 1. The van der Waals surface area contributed by atoms with E-state index in [4.69, 9.17) is 0 Å². The summed E-state index contributed by atoms with van der Waals surface area (Å²) in [7, 11) is 3.70. The number of nitrogens with zero attached hydrogens (tertiary/aromatic N) is 2. The molecule has 0 atom stereocenters. The van der Waals surface area contributed by atoms with Crippen molar-refractivity contribution in [1.29, 1.82) is 0 Å². The van der Waals surface area contributed by atoms with Gasteiger partial charge in [0.25, 0.3) is 0 Å². The van der Waals surface area contributed by atoms with Gasteiger partial charge in [-0.05, 0) is 38.9 Å². The number of rotatable bonds is 3. The molecule has 1 saturated heterocycles. The number of likely N-dealkylation sites (tertiary alicyclic amines) is 1. The fraction of sp³-hybridized carbons (Fsp3) is 0.909. The highest BCUT2D eigenvalue weighted by molar-refractivity contribution is 5.78. The van der Waals surface area contributed by atoms with Crippen molar-refractivity contribution < 1.29 is 4.79 Å². The van der Waals surface area contributed by atoms with E-state index < -0.39 is 0 Å². The maximum absolute atomic E-state index is 11.7. The van der Waals surface area contributed by atoms with Crippen molar-refractivity contribution >= 4 is 5.91 Å². The Hall–Kier alpha value is -0.570. The lowest BCUT2D eigenvalue weighted by Crippen LogP contribution is -2.40. The predicted molar refractivity (Wildman–Crippen MR) is 58.1 cm³/mol. The van der Waals surface area contributed by atoms with E-state index in [1.165, 1.54) is 13.0 Å². The average molecular weight is 198 g/mol. The molecular weight excluding hydrogens is 176 g/mol. The predicted octanol–water partition coefficient (Wildman–Crippen LogP) is 1.20. The molecule has 1 aliphatic rings. The minimum Gasteiger partial charge on any atom is -0.349 e. The lowest BCUT2D eigenvalue weighted by atomic mass is 9.95. The summed E-state index contributed by atoms with van der Waals surface area (Å²) in [6.45, 7) is 5.58. The molecular formula is C11H22N2O. The summed E-state index contributed by atoms with van der Waals surface area (Å²) < 4.78 is 0. The van der Waals surface area contributed by atoms with Crippen LogP contribution in [-0.2, 0) is 4.79 Å². The number of amides is 1. The van der Waals surface area contributed by atoms with Gasteiger partial charge >= 0.3 is 0 Å². The maximum Gasteiger partial charge on any atom is 0.225 e. The SMILES string of the molecule is CCCN1CCC(C(=O)N(C)C)CC1. The number of hydrogen-bond donors (Lipinski definition) is 0. The van der Waals surface area contributed by atoms with Crippen LogP contribution in [0.4, 0.5) is 0 Å². The van der Waals surface area contributed by atoms with E-state index in [0.29, 0.717) is 5.91 Å². The Morgan fingerprint density at radius 1 is 1.36 bits per heavy atom. The molecule has 0 bridgehead atoms. The first-order valence-electron chi connectivity index (χ1n) is 5.58. The van der Waals surface area contributed by atoms with Crippen molar-refractivity contribution in [3.8, 4) is 0 Å². The Bertz CT molecular complexity index is 184. The molecule has 0 unspecified atom stereocenters. The van der Waals surface area contributed by atoms with Crippen LogP contribution < -0.4 is 0 Å². The largest absolute Gasteiger partial charge is 0.349 e. The molecule has 0 spiro atoms. The molecule has 82 valence electrons. The third-order valence-corrected chi connectivity index (χ3v) is 2.92. The van der Waals surface area contributed by atoms with E-state index in [1.54, 1.807) is 4.90 Å². The molecule has 0 aromatic heterocycles. The average Bonchev–Trinajstić information content (AvgIpc) is 2.18. The van der Waals surface area contributed by atoms with Gasteiger partial charge in [-0.15, -0.1) is 0 Å². The van der Waals surface area contributed by atoms with E-state index in [1.807, 2.05) is 14.1 Å². The summed E-state index contributed by atoms with van der Waals surface area (Å²) >= 11 is 0. The Morgan fingerprint density at radius 3 is 2.36 bits per heavy atom. The first-order valence-corrected chi connectivity index (χ1v) is 5.58. The highest BCUT2D eigenvalue weighted by Gasteiger charge is 2.25. The lowest BCUT2D eigenvalue weighted by Gasteiger charge is -2.32. The molecule has 3 nitrogen and oxygen atoms in total. The molecule has 1 aliphatic heterocycles. The van der Waals surface area contributed by atoms with Gasteiger partial charge in [-0.25, -0.2) is 0 Å². The first-order chi connectivity index (χ1) is 6.65. The Kier molecular flexibility index (Phi) is 4.39. The molecule has 1 amide bonds. The van der Waals surface area contributed by atoms with Crippen LogP contribution in [0.25, 0.3) is 0 Å². The van der Waals surface area contributed by atoms with Gasteiger partial charge in [-0.3, -0.25) is 4.79 Å². The van der Waals surface area contributed by atoms with E-state index in [2.05, 4.69) is 11.8 Å². The van der Waals surface area contributed by atoms with Crippen molar-refractivity contribution in [2.45, 2.75) is 26.2 Å². The lowest BCUT2D eigenvalue weighted by molar-refractivity contribution is -0.134. The van der Waals surface area contributed by atoms with Gasteiger partial charge in [0.15, 0.2) is 0 Å². The highest BCUT2D eigenvalue weighted by Crippen LogP contribution is 2.18. The van der Waals surface area contributed by atoms with E-state index in [0.717, 1.165) is 25.9 Å². The fourth-order valence-corrected chi connectivity index (χ4v) is 2.08. The van der Waals surface area contributed by atoms with Crippen LogP contribution in [0.1, 0.15) is 26.2 Å². The van der Waals surface area contributed by atoms with Crippen LogP contribution in [0.2, 0.25) is 0 Å². The minimum atomic E-state index is 0.276. The van der Waals surface area contributed by atoms with E-state index in [-0.39, 0.29) is 5.92 Å². The summed E-state index contributed by atoms with van der Waals surface area (Å²) in [5.74, 6) is 0.583. The Balaban J connectivity index is 2.32. The Labute approximate surface area is 87.1 Å². The van der Waals surface area contributed by atoms with Crippen LogP contribution in [0.5, 0.6) is 0 Å². The van der Waals surface area contributed by atoms with Gasteiger partial charge in [-0.1, -0.05) is 6.92 Å². The topological polar surface area (TPSA) is 23.6 Å². The van der Waals surface area contributed by atoms with Gasteiger partial charge in [0, 0.05) is 20.0 Å². The molecule has 1 rings (SSSR count). The number of hydrogen-bond acceptors (Lipinski definition) is 2. The Morgan fingerprint density at radius 2 is 1.93 bits per heavy atom. The van der Waals surface area contributed by atoms with Gasteiger partial charge in [0.1, 0.15) is 0 Å². The minimum absolute atomic E-state index is 0.276. The third kappa shape index (κ3) is 2.98. The molecule has 1 fully saturated rings. The molecule has 0 saturated carbocycles. The number of carbonyl (C=O) groups excluding carboxylic acids is 1. The van der Waals surface area contributed by atoms with Crippen LogP contribution in [0.3, 0.4) is 0 Å². The molecule has 0 N–H and O–H groups in total. The molecule has 14 heavy (non-hydrogen) atoms. The van der Waals surface area contributed by atoms with Gasteiger partial charge < -0.3 is 9.80 Å². The molecule has 1 heterocycles. The maximum atomic E-state index is 11.7. The second kappa shape index (κ2) is 5.35. The fourth-order valence-electron chi connectivity index (χ4n) is 2.08. The first kappa shape index (κ1) is 11.5. The molecule has 3 heteroatoms. The second-order valence-corrected chi connectivity index (χ2v) is 4.35. The van der Waals surface area contributed by atoms with Crippen molar-refractivity contribution in [1.82, 2.24) is 9.80 Å². The van der Waals surface area contributed by atoms with Crippen molar-refractivity contribution in [3.05, 3.63) is 0 Å². The second-order valence-electron chi connectivity index (χ2n) is 4.35. The molecule has 0 aromatic rings. The molecule has 0 aliphatic carbocycles. The summed E-state index contributed by atoms with van der Waals surface area (Å²) in [4.78, 5) is 15.8. The smallest absolute Gasteiger partial charge is 0.225 e. The number of piperidine rings is 1. The summed E-state index contributed by atoms with van der Waals surface area (Å²) in [6, 6.07) is 0. The van der Waals surface area contributed by atoms with Crippen molar-refractivity contribution in [2.24, 2.45) is 5.92 Å². The van der Waals surface area contributed by atoms with Gasteiger partial charge in [-0.2, -0.15) is 0 Å². The van der Waals surface area contributed by atoms with E-state index in [9.17, 15) is 4.79 Å². The van der Waals surface area contributed by atoms with Gasteiger partial charge in [0.05, 0.1) is 0 Å². The highest BCUT2D eigenvalue weighted by atomic mass is 16.2. The van der Waals surface area contributed by atoms with Crippen LogP contribution in [0.15, 0.2) is 0 Å². The zero-order valence-corrected chi connectivity index (χ0v) is 9.62. The standard InChI is InChI=1S/C11H22N2O/c1-4-7-13-8-5-10(6-9-13)11(14)12(2)3/h10H,4-9H2,1-3H3. The zero-order valence-electron chi connectivity index (χ0n) is 9.62. The van der Waals surface area contributed by atoms with E-state index >= 15 is 0 Å². The van der Waals surface area contributed by atoms with Crippen LogP contribution in [0, 0.1) is 5.92 Å².